The van der Waals surface area contributed by atoms with Crippen LogP contribution < -0.4 is 5.32 Å². The van der Waals surface area contributed by atoms with Crippen molar-refractivity contribution in [2.24, 2.45) is 0 Å². The van der Waals surface area contributed by atoms with E-state index >= 15 is 0 Å². The monoisotopic (exact) mass is 359 g/mol. The fourth-order valence-electron chi connectivity index (χ4n) is 3.62. The molecule has 4 heteroatoms. The molecular formula is C23H21NO3. The number of fused-ring (bicyclic) bond motifs is 2. The molecule has 1 N–H and O–H groups in total. The van der Waals surface area contributed by atoms with E-state index in [-0.39, 0.29) is 24.9 Å². The summed E-state index contributed by atoms with van der Waals surface area (Å²) < 4.78 is 5.16. The number of ether oxygens (including phenoxy) is 1. The predicted octanol–water partition coefficient (Wildman–Crippen LogP) is 4.05. The normalized spacial score (nSPS) is 12.6. The van der Waals surface area contributed by atoms with Crippen LogP contribution in [0.25, 0.3) is 10.8 Å². The number of benzene rings is 3. The summed E-state index contributed by atoms with van der Waals surface area (Å²) in [6.07, 6.45) is 3.56. The lowest BCUT2D eigenvalue weighted by Gasteiger charge is -2.09. The zero-order valence-corrected chi connectivity index (χ0v) is 15.0. The van der Waals surface area contributed by atoms with Crippen molar-refractivity contribution >= 4 is 28.3 Å². The third-order valence-electron chi connectivity index (χ3n) is 4.94. The first kappa shape index (κ1) is 17.3. The first-order chi connectivity index (χ1) is 13.2. The van der Waals surface area contributed by atoms with Gasteiger partial charge in [0, 0.05) is 11.1 Å². The predicted molar refractivity (Wildman–Crippen MR) is 106 cm³/mol. The zero-order chi connectivity index (χ0) is 18.6. The molecule has 4 nitrogen and oxygen atoms in total. The summed E-state index contributed by atoms with van der Waals surface area (Å²) >= 11 is 0. The van der Waals surface area contributed by atoms with Gasteiger partial charge in [-0.25, -0.2) is 0 Å². The Labute approximate surface area is 158 Å². The van der Waals surface area contributed by atoms with Crippen molar-refractivity contribution in [3.8, 4) is 0 Å². The maximum atomic E-state index is 12.2. The topological polar surface area (TPSA) is 55.4 Å². The van der Waals surface area contributed by atoms with E-state index < -0.39 is 0 Å². The van der Waals surface area contributed by atoms with E-state index in [1.54, 1.807) is 0 Å². The van der Waals surface area contributed by atoms with Crippen LogP contribution in [0.3, 0.4) is 0 Å². The number of anilines is 1. The molecule has 0 unspecified atom stereocenters. The molecule has 136 valence electrons. The van der Waals surface area contributed by atoms with Gasteiger partial charge in [-0.05, 0) is 47.4 Å². The second-order valence-corrected chi connectivity index (χ2v) is 6.87. The number of amides is 1. The van der Waals surface area contributed by atoms with Gasteiger partial charge < -0.3 is 10.1 Å². The number of hydrogen-bond donors (Lipinski definition) is 1. The maximum absolute atomic E-state index is 12.2. The molecule has 1 amide bonds. The van der Waals surface area contributed by atoms with Crippen molar-refractivity contribution in [3.63, 3.8) is 0 Å². The SMILES string of the molecule is O=C(COC(=O)Cc1ccc2c(c1)CCC2)Nc1cccc2ccccc12. The van der Waals surface area contributed by atoms with Gasteiger partial charge in [-0.3, -0.25) is 9.59 Å². The Morgan fingerprint density at radius 1 is 0.926 bits per heavy atom. The van der Waals surface area contributed by atoms with E-state index in [2.05, 4.69) is 17.4 Å². The van der Waals surface area contributed by atoms with Gasteiger partial charge in [0.2, 0.25) is 0 Å². The molecule has 1 aliphatic carbocycles. The molecule has 3 aromatic carbocycles. The highest BCUT2D eigenvalue weighted by Gasteiger charge is 2.14. The Morgan fingerprint density at radius 3 is 2.67 bits per heavy atom. The summed E-state index contributed by atoms with van der Waals surface area (Å²) in [6.45, 7) is -0.285. The molecule has 0 bridgehead atoms. The molecule has 0 spiro atoms. The smallest absolute Gasteiger partial charge is 0.310 e. The molecule has 0 fully saturated rings. The van der Waals surface area contributed by atoms with Crippen LogP contribution in [0.2, 0.25) is 0 Å². The quantitative estimate of drug-likeness (QED) is 0.699. The molecule has 4 rings (SSSR count). The Balaban J connectivity index is 1.33. The number of nitrogens with one attached hydrogen (secondary N) is 1. The summed E-state index contributed by atoms with van der Waals surface area (Å²) in [5.41, 5.74) is 4.36. The Kier molecular flexibility index (Phi) is 4.88. The van der Waals surface area contributed by atoms with Crippen molar-refractivity contribution in [2.75, 3.05) is 11.9 Å². The first-order valence-corrected chi connectivity index (χ1v) is 9.23. The lowest BCUT2D eigenvalue weighted by atomic mass is 10.0. The van der Waals surface area contributed by atoms with Gasteiger partial charge in [0.1, 0.15) is 0 Å². The summed E-state index contributed by atoms with van der Waals surface area (Å²) in [5.74, 6) is -0.727. The Morgan fingerprint density at radius 2 is 1.74 bits per heavy atom. The van der Waals surface area contributed by atoms with Crippen LogP contribution in [0.5, 0.6) is 0 Å². The lowest BCUT2D eigenvalue weighted by molar-refractivity contribution is -0.146. The second kappa shape index (κ2) is 7.62. The van der Waals surface area contributed by atoms with Crippen LogP contribution in [-0.2, 0) is 33.6 Å². The molecule has 27 heavy (non-hydrogen) atoms. The first-order valence-electron chi connectivity index (χ1n) is 9.23. The number of aryl methyl sites for hydroxylation is 2. The van der Waals surface area contributed by atoms with Gasteiger partial charge in [-0.2, -0.15) is 0 Å². The zero-order valence-electron chi connectivity index (χ0n) is 15.0. The summed E-state index contributed by atoms with van der Waals surface area (Å²) in [4.78, 5) is 24.3. The van der Waals surface area contributed by atoms with Crippen molar-refractivity contribution in [2.45, 2.75) is 25.7 Å². The fraction of sp³-hybridized carbons (Fsp3) is 0.217. The van der Waals surface area contributed by atoms with Gasteiger partial charge in [0.05, 0.1) is 6.42 Å². The van der Waals surface area contributed by atoms with Crippen LogP contribution in [0.15, 0.2) is 60.7 Å². The average molecular weight is 359 g/mol. The Hall–Kier alpha value is -3.14. The van der Waals surface area contributed by atoms with Crippen LogP contribution in [0, 0.1) is 0 Å². The number of esters is 1. The van der Waals surface area contributed by atoms with Gasteiger partial charge in [-0.1, -0.05) is 54.6 Å². The molecule has 0 heterocycles. The van der Waals surface area contributed by atoms with Crippen LogP contribution in [0.4, 0.5) is 5.69 Å². The van der Waals surface area contributed by atoms with E-state index in [9.17, 15) is 9.59 Å². The minimum absolute atomic E-state index is 0.189. The van der Waals surface area contributed by atoms with Crippen LogP contribution in [0.1, 0.15) is 23.1 Å². The van der Waals surface area contributed by atoms with Gasteiger partial charge in [-0.15, -0.1) is 0 Å². The summed E-state index contributed by atoms with van der Waals surface area (Å²) in [6, 6.07) is 19.7. The maximum Gasteiger partial charge on any atom is 0.310 e. The third kappa shape index (κ3) is 4.00. The Bertz CT molecular complexity index is 1000. The summed E-state index contributed by atoms with van der Waals surface area (Å²) in [7, 11) is 0. The largest absolute Gasteiger partial charge is 0.455 e. The molecule has 0 radical (unpaired) electrons. The molecule has 1 aliphatic rings. The van der Waals surface area contributed by atoms with Crippen LogP contribution >= 0.6 is 0 Å². The highest BCUT2D eigenvalue weighted by molar-refractivity contribution is 6.02. The number of hydrogen-bond acceptors (Lipinski definition) is 3. The minimum atomic E-state index is -0.388. The molecule has 0 saturated heterocycles. The molecule has 0 aromatic heterocycles. The fourth-order valence-corrected chi connectivity index (χ4v) is 3.62. The van der Waals surface area contributed by atoms with Gasteiger partial charge in [0.25, 0.3) is 5.91 Å². The molecule has 0 saturated carbocycles. The van der Waals surface area contributed by atoms with Crippen LogP contribution in [-0.4, -0.2) is 18.5 Å². The van der Waals surface area contributed by atoms with E-state index in [1.165, 1.54) is 17.5 Å². The highest BCUT2D eigenvalue weighted by atomic mass is 16.5. The summed E-state index contributed by atoms with van der Waals surface area (Å²) in [5, 5.41) is 4.82. The van der Waals surface area contributed by atoms with Gasteiger partial charge >= 0.3 is 5.97 Å². The molecule has 0 aliphatic heterocycles. The third-order valence-corrected chi connectivity index (χ3v) is 4.94. The number of carbonyl (C=O) groups is 2. The second-order valence-electron chi connectivity index (χ2n) is 6.87. The van der Waals surface area contributed by atoms with Crippen molar-refractivity contribution in [1.29, 1.82) is 0 Å². The van der Waals surface area contributed by atoms with Crippen molar-refractivity contribution in [3.05, 3.63) is 77.4 Å². The average Bonchev–Trinajstić information content (AvgIpc) is 3.14. The molecule has 0 atom stereocenters. The lowest BCUT2D eigenvalue weighted by Crippen LogP contribution is -2.21. The standard InChI is InChI=1S/C23H21NO3/c25-22(24-21-10-4-7-18-5-1-2-9-20(18)21)15-27-23(26)14-16-11-12-17-6-3-8-19(17)13-16/h1-2,4-5,7,9-13H,3,6,8,14-15H2,(H,24,25). The van der Waals surface area contributed by atoms with E-state index in [1.807, 2.05) is 48.5 Å². The van der Waals surface area contributed by atoms with Crippen molar-refractivity contribution < 1.29 is 14.3 Å². The molecule has 3 aromatic rings. The molecular weight excluding hydrogens is 338 g/mol. The number of carbonyl (C=O) groups excluding carboxylic acids is 2. The number of rotatable bonds is 5. The van der Waals surface area contributed by atoms with Gasteiger partial charge in [0.15, 0.2) is 6.61 Å². The van der Waals surface area contributed by atoms with Crippen molar-refractivity contribution in [1.82, 2.24) is 0 Å². The van der Waals surface area contributed by atoms with E-state index in [0.717, 1.165) is 29.2 Å². The van der Waals surface area contributed by atoms with E-state index in [0.29, 0.717) is 5.69 Å². The highest BCUT2D eigenvalue weighted by Crippen LogP contribution is 2.24. The van der Waals surface area contributed by atoms with E-state index in [4.69, 9.17) is 4.74 Å². The minimum Gasteiger partial charge on any atom is -0.455 e.